The van der Waals surface area contributed by atoms with Crippen LogP contribution in [0.1, 0.15) is 47.7 Å². The third-order valence-electron chi connectivity index (χ3n) is 4.19. The van der Waals surface area contributed by atoms with Crippen LogP contribution in [0.2, 0.25) is 0 Å². The summed E-state index contributed by atoms with van der Waals surface area (Å²) in [5, 5.41) is 2.82. The zero-order valence-corrected chi connectivity index (χ0v) is 16.1. The SMILES string of the molecule is CCCCCNC(=O)c1cccc(S(=O)(=O)NCc2ccccc2C)c1. The van der Waals surface area contributed by atoms with Gasteiger partial charge in [0.2, 0.25) is 10.0 Å². The molecule has 2 rings (SSSR count). The number of aryl methyl sites for hydroxylation is 1. The molecule has 0 heterocycles. The van der Waals surface area contributed by atoms with Crippen molar-refractivity contribution < 1.29 is 13.2 Å². The van der Waals surface area contributed by atoms with Crippen LogP contribution in [0.4, 0.5) is 0 Å². The quantitative estimate of drug-likeness (QED) is 0.661. The van der Waals surface area contributed by atoms with Gasteiger partial charge in [-0.2, -0.15) is 0 Å². The first-order valence-corrected chi connectivity index (χ1v) is 10.3. The summed E-state index contributed by atoms with van der Waals surface area (Å²) >= 11 is 0. The molecule has 0 spiro atoms. The Labute approximate surface area is 155 Å². The lowest BCUT2D eigenvalue weighted by Crippen LogP contribution is -2.26. The highest BCUT2D eigenvalue weighted by Gasteiger charge is 2.16. The van der Waals surface area contributed by atoms with Gasteiger partial charge < -0.3 is 5.32 Å². The summed E-state index contributed by atoms with van der Waals surface area (Å²) in [6, 6.07) is 13.7. The van der Waals surface area contributed by atoms with Crippen molar-refractivity contribution in [1.82, 2.24) is 10.0 Å². The molecule has 0 saturated carbocycles. The van der Waals surface area contributed by atoms with Gasteiger partial charge in [-0.1, -0.05) is 50.1 Å². The number of nitrogens with one attached hydrogen (secondary N) is 2. The maximum atomic E-state index is 12.5. The predicted octanol–water partition coefficient (Wildman–Crippen LogP) is 3.39. The van der Waals surface area contributed by atoms with E-state index in [9.17, 15) is 13.2 Å². The van der Waals surface area contributed by atoms with Crippen LogP contribution in [0, 0.1) is 6.92 Å². The van der Waals surface area contributed by atoms with Crippen molar-refractivity contribution >= 4 is 15.9 Å². The minimum absolute atomic E-state index is 0.0901. The molecule has 0 bridgehead atoms. The molecule has 2 aromatic rings. The van der Waals surface area contributed by atoms with Crippen LogP contribution >= 0.6 is 0 Å². The lowest BCUT2D eigenvalue weighted by molar-refractivity contribution is 0.0952. The van der Waals surface area contributed by atoms with Gasteiger partial charge in [0.15, 0.2) is 0 Å². The molecule has 2 aromatic carbocycles. The van der Waals surface area contributed by atoms with Crippen LogP contribution in [0.25, 0.3) is 0 Å². The zero-order valence-electron chi connectivity index (χ0n) is 15.3. The van der Waals surface area contributed by atoms with Crippen molar-refractivity contribution in [3.8, 4) is 0 Å². The molecule has 5 nitrogen and oxygen atoms in total. The molecule has 6 heteroatoms. The average Bonchev–Trinajstić information content (AvgIpc) is 2.64. The molecule has 0 aliphatic heterocycles. The van der Waals surface area contributed by atoms with Gasteiger partial charge in [-0.3, -0.25) is 4.79 Å². The zero-order chi connectivity index (χ0) is 19.0. The van der Waals surface area contributed by atoms with Crippen molar-refractivity contribution in [2.45, 2.75) is 44.6 Å². The Morgan fingerprint density at radius 3 is 2.54 bits per heavy atom. The fourth-order valence-corrected chi connectivity index (χ4v) is 3.60. The summed E-state index contributed by atoms with van der Waals surface area (Å²) in [6.45, 7) is 4.84. The lowest BCUT2D eigenvalue weighted by atomic mass is 10.1. The highest BCUT2D eigenvalue weighted by Crippen LogP contribution is 2.13. The maximum absolute atomic E-state index is 12.5. The Balaban J connectivity index is 2.05. The molecule has 0 aliphatic carbocycles. The number of carbonyl (C=O) groups is 1. The summed E-state index contributed by atoms with van der Waals surface area (Å²) in [7, 11) is -3.69. The molecule has 0 aliphatic rings. The van der Waals surface area contributed by atoms with Crippen molar-refractivity contribution in [1.29, 1.82) is 0 Å². The van der Waals surface area contributed by atoms with E-state index in [0.717, 1.165) is 30.4 Å². The number of unbranched alkanes of at least 4 members (excludes halogenated alkanes) is 2. The Bertz CT molecular complexity index is 848. The summed E-state index contributed by atoms with van der Waals surface area (Å²) < 4.78 is 27.7. The number of benzene rings is 2. The topological polar surface area (TPSA) is 75.3 Å². The van der Waals surface area contributed by atoms with E-state index < -0.39 is 10.0 Å². The molecule has 0 fully saturated rings. The first kappa shape index (κ1) is 20.1. The first-order chi connectivity index (χ1) is 12.4. The molecule has 0 radical (unpaired) electrons. The van der Waals surface area contributed by atoms with E-state index in [0.29, 0.717) is 12.1 Å². The lowest BCUT2D eigenvalue weighted by Gasteiger charge is -2.10. The first-order valence-electron chi connectivity index (χ1n) is 8.86. The van der Waals surface area contributed by atoms with Gasteiger partial charge >= 0.3 is 0 Å². The third-order valence-corrected chi connectivity index (χ3v) is 5.59. The molecular formula is C20H26N2O3S. The van der Waals surface area contributed by atoms with Crippen molar-refractivity contribution in [2.24, 2.45) is 0 Å². The van der Waals surface area contributed by atoms with Crippen LogP contribution < -0.4 is 10.0 Å². The predicted molar refractivity (Wildman–Crippen MR) is 104 cm³/mol. The van der Waals surface area contributed by atoms with Crippen LogP contribution in [-0.2, 0) is 16.6 Å². The van der Waals surface area contributed by atoms with Crippen LogP contribution in [0.15, 0.2) is 53.4 Å². The number of hydrogen-bond acceptors (Lipinski definition) is 3. The van der Waals surface area contributed by atoms with Gasteiger partial charge in [0.1, 0.15) is 0 Å². The van der Waals surface area contributed by atoms with Gasteiger partial charge in [-0.05, 0) is 42.7 Å². The number of carbonyl (C=O) groups excluding carboxylic acids is 1. The fraction of sp³-hybridized carbons (Fsp3) is 0.350. The third kappa shape index (κ3) is 5.68. The molecular weight excluding hydrogens is 348 g/mol. The largest absolute Gasteiger partial charge is 0.352 e. The molecule has 0 saturated heterocycles. The van der Waals surface area contributed by atoms with E-state index in [1.54, 1.807) is 12.1 Å². The van der Waals surface area contributed by atoms with E-state index in [1.165, 1.54) is 12.1 Å². The molecule has 1 amide bonds. The minimum atomic E-state index is -3.69. The van der Waals surface area contributed by atoms with Gasteiger partial charge in [0, 0.05) is 18.7 Å². The van der Waals surface area contributed by atoms with Crippen LogP contribution in [0.3, 0.4) is 0 Å². The molecule has 2 N–H and O–H groups in total. The minimum Gasteiger partial charge on any atom is -0.352 e. The van der Waals surface area contributed by atoms with E-state index in [2.05, 4.69) is 17.0 Å². The van der Waals surface area contributed by atoms with Crippen LogP contribution in [0.5, 0.6) is 0 Å². The van der Waals surface area contributed by atoms with Gasteiger partial charge in [0.05, 0.1) is 4.90 Å². The van der Waals surface area contributed by atoms with E-state index in [1.807, 2.05) is 31.2 Å². The number of rotatable bonds is 9. The molecule has 0 atom stereocenters. The number of hydrogen-bond donors (Lipinski definition) is 2. The van der Waals surface area contributed by atoms with Crippen molar-refractivity contribution in [3.63, 3.8) is 0 Å². The Hall–Kier alpha value is -2.18. The summed E-state index contributed by atoms with van der Waals surface area (Å²) in [4.78, 5) is 12.3. The van der Waals surface area contributed by atoms with E-state index >= 15 is 0 Å². The summed E-state index contributed by atoms with van der Waals surface area (Å²) in [6.07, 6.45) is 3.05. The fourth-order valence-electron chi connectivity index (χ4n) is 2.55. The number of sulfonamides is 1. The normalized spacial score (nSPS) is 11.3. The summed E-state index contributed by atoms with van der Waals surface area (Å²) in [5.74, 6) is -0.253. The highest BCUT2D eigenvalue weighted by molar-refractivity contribution is 7.89. The standard InChI is InChI=1S/C20H26N2O3S/c1-3-4-7-13-21-20(23)17-11-8-12-19(14-17)26(24,25)22-15-18-10-6-5-9-16(18)2/h5-6,8-12,14,22H,3-4,7,13,15H2,1-2H3,(H,21,23). The molecule has 0 aromatic heterocycles. The second-order valence-corrected chi connectivity index (χ2v) is 8.01. The molecule has 140 valence electrons. The second-order valence-electron chi connectivity index (χ2n) is 6.24. The smallest absolute Gasteiger partial charge is 0.251 e. The Kier molecular flexibility index (Phi) is 7.36. The van der Waals surface area contributed by atoms with E-state index in [-0.39, 0.29) is 17.3 Å². The van der Waals surface area contributed by atoms with Gasteiger partial charge in [-0.15, -0.1) is 0 Å². The van der Waals surface area contributed by atoms with Crippen molar-refractivity contribution in [2.75, 3.05) is 6.54 Å². The van der Waals surface area contributed by atoms with Gasteiger partial charge in [-0.25, -0.2) is 13.1 Å². The van der Waals surface area contributed by atoms with Crippen LogP contribution in [-0.4, -0.2) is 20.9 Å². The van der Waals surface area contributed by atoms with Gasteiger partial charge in [0.25, 0.3) is 5.91 Å². The number of amides is 1. The molecule has 26 heavy (non-hydrogen) atoms. The monoisotopic (exact) mass is 374 g/mol. The Morgan fingerprint density at radius 1 is 1.04 bits per heavy atom. The second kappa shape index (κ2) is 9.50. The molecule has 0 unspecified atom stereocenters. The average molecular weight is 375 g/mol. The Morgan fingerprint density at radius 2 is 1.81 bits per heavy atom. The van der Waals surface area contributed by atoms with Crippen molar-refractivity contribution in [3.05, 3.63) is 65.2 Å². The maximum Gasteiger partial charge on any atom is 0.251 e. The van der Waals surface area contributed by atoms with E-state index in [4.69, 9.17) is 0 Å². The summed E-state index contributed by atoms with van der Waals surface area (Å²) in [5.41, 5.74) is 2.29. The highest BCUT2D eigenvalue weighted by atomic mass is 32.2.